The van der Waals surface area contributed by atoms with Gasteiger partial charge in [-0.1, -0.05) is 29.8 Å². The van der Waals surface area contributed by atoms with Crippen molar-refractivity contribution < 1.29 is 0 Å². The molecule has 0 saturated carbocycles. The first-order chi connectivity index (χ1) is 7.27. The van der Waals surface area contributed by atoms with E-state index in [-0.39, 0.29) is 0 Å². The van der Waals surface area contributed by atoms with Gasteiger partial charge < -0.3 is 5.32 Å². The highest BCUT2D eigenvalue weighted by Crippen LogP contribution is 2.25. The van der Waals surface area contributed by atoms with Crippen molar-refractivity contribution in [3.63, 3.8) is 0 Å². The summed E-state index contributed by atoms with van der Waals surface area (Å²) in [5, 5.41) is 5.06. The zero-order valence-electron chi connectivity index (χ0n) is 8.87. The lowest BCUT2D eigenvalue weighted by atomic mass is 10.1. The lowest BCUT2D eigenvalue weighted by Gasteiger charge is -2.29. The maximum absolute atomic E-state index is 6.16. The molecule has 1 aromatic carbocycles. The highest BCUT2D eigenvalue weighted by atomic mass is 35.5. The van der Waals surface area contributed by atoms with Crippen molar-refractivity contribution in [2.75, 3.05) is 12.3 Å². The molecule has 82 valence electrons. The van der Waals surface area contributed by atoms with Crippen LogP contribution in [0.25, 0.3) is 0 Å². The van der Waals surface area contributed by atoms with E-state index in [0.29, 0.717) is 11.3 Å². The summed E-state index contributed by atoms with van der Waals surface area (Å²) in [4.78, 5) is 0. The molecule has 1 saturated heterocycles. The van der Waals surface area contributed by atoms with Gasteiger partial charge in [-0.25, -0.2) is 0 Å². The Labute approximate surface area is 101 Å². The van der Waals surface area contributed by atoms with Crippen LogP contribution in [-0.4, -0.2) is 23.6 Å². The molecule has 1 aliphatic rings. The minimum absolute atomic E-state index is 0.583. The molecule has 0 radical (unpaired) electrons. The second kappa shape index (κ2) is 5.24. The fourth-order valence-electron chi connectivity index (χ4n) is 1.89. The number of nitrogens with one attached hydrogen (secondary N) is 1. The van der Waals surface area contributed by atoms with Crippen LogP contribution >= 0.6 is 23.4 Å². The predicted molar refractivity (Wildman–Crippen MR) is 68.9 cm³/mol. The van der Waals surface area contributed by atoms with E-state index in [1.807, 2.05) is 12.1 Å². The molecule has 1 aliphatic heterocycles. The number of halogens is 1. The van der Waals surface area contributed by atoms with Crippen LogP contribution in [0.1, 0.15) is 12.5 Å². The molecule has 1 fully saturated rings. The third-order valence-electron chi connectivity index (χ3n) is 2.84. The van der Waals surface area contributed by atoms with Crippen LogP contribution in [0.15, 0.2) is 24.3 Å². The van der Waals surface area contributed by atoms with Crippen LogP contribution in [0.3, 0.4) is 0 Å². The summed E-state index contributed by atoms with van der Waals surface area (Å²) in [6, 6.07) is 8.74. The van der Waals surface area contributed by atoms with Gasteiger partial charge in [-0.05, 0) is 25.0 Å². The average molecular weight is 242 g/mol. The lowest BCUT2D eigenvalue weighted by Crippen LogP contribution is -2.42. The zero-order chi connectivity index (χ0) is 10.7. The van der Waals surface area contributed by atoms with Gasteiger partial charge >= 0.3 is 0 Å². The van der Waals surface area contributed by atoms with Gasteiger partial charge in [-0.3, -0.25) is 0 Å². The first-order valence-corrected chi connectivity index (χ1v) is 6.78. The Morgan fingerprint density at radius 2 is 2.27 bits per heavy atom. The molecule has 0 spiro atoms. The zero-order valence-corrected chi connectivity index (χ0v) is 10.4. The van der Waals surface area contributed by atoms with E-state index in [0.717, 1.165) is 18.0 Å². The molecule has 2 rings (SSSR count). The standard InChI is InChI=1S/C12H16ClNS/c1-9-12(15-7-6-14-9)8-10-4-2-3-5-11(10)13/h2-5,9,12,14H,6-8H2,1H3. The molecule has 0 bridgehead atoms. The molecule has 1 N–H and O–H groups in total. The van der Waals surface area contributed by atoms with Crippen molar-refractivity contribution >= 4 is 23.4 Å². The van der Waals surface area contributed by atoms with E-state index in [9.17, 15) is 0 Å². The van der Waals surface area contributed by atoms with Gasteiger partial charge in [0, 0.05) is 28.6 Å². The van der Waals surface area contributed by atoms with Crippen molar-refractivity contribution in [2.24, 2.45) is 0 Å². The van der Waals surface area contributed by atoms with Crippen LogP contribution in [-0.2, 0) is 6.42 Å². The van der Waals surface area contributed by atoms with Crippen LogP contribution in [0.2, 0.25) is 5.02 Å². The molecule has 0 aromatic heterocycles. The largest absolute Gasteiger partial charge is 0.312 e. The van der Waals surface area contributed by atoms with Gasteiger partial charge in [-0.2, -0.15) is 11.8 Å². The Morgan fingerprint density at radius 3 is 3.00 bits per heavy atom. The smallest absolute Gasteiger partial charge is 0.0438 e. The predicted octanol–water partition coefficient (Wildman–Crippen LogP) is 2.98. The summed E-state index contributed by atoms with van der Waals surface area (Å²) in [7, 11) is 0. The van der Waals surface area contributed by atoms with Crippen molar-refractivity contribution in [1.29, 1.82) is 0 Å². The molecule has 2 atom stereocenters. The van der Waals surface area contributed by atoms with Crippen LogP contribution in [0.4, 0.5) is 0 Å². The SMILES string of the molecule is CC1NCCSC1Cc1ccccc1Cl. The van der Waals surface area contributed by atoms with E-state index in [1.54, 1.807) is 0 Å². The Bertz CT molecular complexity index is 329. The van der Waals surface area contributed by atoms with Crippen molar-refractivity contribution in [2.45, 2.75) is 24.6 Å². The van der Waals surface area contributed by atoms with Gasteiger partial charge in [0.2, 0.25) is 0 Å². The lowest BCUT2D eigenvalue weighted by molar-refractivity contribution is 0.529. The Balaban J connectivity index is 2.04. The van der Waals surface area contributed by atoms with Crippen molar-refractivity contribution in [3.05, 3.63) is 34.9 Å². The van der Waals surface area contributed by atoms with Gasteiger partial charge in [0.05, 0.1) is 0 Å². The second-order valence-corrected chi connectivity index (χ2v) is 5.70. The molecule has 3 heteroatoms. The summed E-state index contributed by atoms with van der Waals surface area (Å²) in [6.45, 7) is 3.39. The Kier molecular flexibility index (Phi) is 3.95. The quantitative estimate of drug-likeness (QED) is 0.855. The molecular weight excluding hydrogens is 226 g/mol. The maximum atomic E-state index is 6.16. The normalized spacial score (nSPS) is 26.5. The number of benzene rings is 1. The first kappa shape index (κ1) is 11.3. The van der Waals surface area contributed by atoms with Gasteiger partial charge in [-0.15, -0.1) is 0 Å². The second-order valence-electron chi connectivity index (χ2n) is 3.95. The van der Waals surface area contributed by atoms with E-state index >= 15 is 0 Å². The summed E-state index contributed by atoms with van der Waals surface area (Å²) in [5.74, 6) is 1.21. The van der Waals surface area contributed by atoms with E-state index in [1.165, 1.54) is 11.3 Å². The number of hydrogen-bond acceptors (Lipinski definition) is 2. The summed E-state index contributed by atoms with van der Waals surface area (Å²) in [6.07, 6.45) is 1.07. The topological polar surface area (TPSA) is 12.0 Å². The third kappa shape index (κ3) is 2.90. The summed E-state index contributed by atoms with van der Waals surface area (Å²) in [5.41, 5.74) is 1.27. The molecule has 2 unspecified atom stereocenters. The first-order valence-electron chi connectivity index (χ1n) is 5.36. The maximum Gasteiger partial charge on any atom is 0.0438 e. The molecular formula is C12H16ClNS. The van der Waals surface area contributed by atoms with Crippen LogP contribution < -0.4 is 5.32 Å². The van der Waals surface area contributed by atoms with Gasteiger partial charge in [0.1, 0.15) is 0 Å². The summed E-state index contributed by atoms with van der Waals surface area (Å²) < 4.78 is 0. The average Bonchev–Trinajstić information content (AvgIpc) is 2.24. The Morgan fingerprint density at radius 1 is 1.47 bits per heavy atom. The monoisotopic (exact) mass is 241 g/mol. The fourth-order valence-corrected chi connectivity index (χ4v) is 3.32. The number of rotatable bonds is 2. The fraction of sp³-hybridized carbons (Fsp3) is 0.500. The van der Waals surface area contributed by atoms with Gasteiger partial charge in [0.15, 0.2) is 0 Å². The molecule has 0 amide bonds. The highest BCUT2D eigenvalue weighted by Gasteiger charge is 2.22. The van der Waals surface area contributed by atoms with Gasteiger partial charge in [0.25, 0.3) is 0 Å². The molecule has 1 nitrogen and oxygen atoms in total. The Hall–Kier alpha value is -0.180. The van der Waals surface area contributed by atoms with E-state index < -0.39 is 0 Å². The molecule has 15 heavy (non-hydrogen) atoms. The molecule has 0 aliphatic carbocycles. The van der Waals surface area contributed by atoms with Crippen LogP contribution in [0.5, 0.6) is 0 Å². The molecule has 1 heterocycles. The summed E-state index contributed by atoms with van der Waals surface area (Å²) >= 11 is 8.22. The third-order valence-corrected chi connectivity index (χ3v) is 4.65. The number of thioether (sulfide) groups is 1. The molecule has 1 aromatic rings. The number of hydrogen-bond donors (Lipinski definition) is 1. The van der Waals surface area contributed by atoms with E-state index in [2.05, 4.69) is 36.1 Å². The highest BCUT2D eigenvalue weighted by molar-refractivity contribution is 8.00. The van der Waals surface area contributed by atoms with Crippen molar-refractivity contribution in [3.8, 4) is 0 Å². The van der Waals surface area contributed by atoms with E-state index in [4.69, 9.17) is 11.6 Å². The minimum atomic E-state index is 0.583. The van der Waals surface area contributed by atoms with Crippen molar-refractivity contribution in [1.82, 2.24) is 5.32 Å². The van der Waals surface area contributed by atoms with Crippen LogP contribution in [0, 0.1) is 0 Å². The minimum Gasteiger partial charge on any atom is -0.312 e.